The summed E-state index contributed by atoms with van der Waals surface area (Å²) < 4.78 is 0. The number of anilines is 1. The number of urea groups is 1. The van der Waals surface area contributed by atoms with E-state index in [4.69, 9.17) is 11.6 Å². The predicted molar refractivity (Wildman–Crippen MR) is 88.9 cm³/mol. The van der Waals surface area contributed by atoms with Crippen molar-refractivity contribution in [2.75, 3.05) is 44.3 Å². The van der Waals surface area contributed by atoms with Crippen LogP contribution in [0.25, 0.3) is 0 Å². The highest BCUT2D eigenvalue weighted by Gasteiger charge is 2.45. The number of carbonyl (C=O) groups is 3. The SMILES string of the molecule is CCN1C(=O)C(=O)N(C[NH+]2CCN(c3cccc(Cl)c3)CC2)C1=O. The van der Waals surface area contributed by atoms with Gasteiger partial charge in [-0.25, -0.2) is 9.69 Å². The maximum Gasteiger partial charge on any atom is 0.338 e. The molecule has 8 heteroatoms. The van der Waals surface area contributed by atoms with E-state index in [1.54, 1.807) is 6.92 Å². The average molecular weight is 352 g/mol. The number of quaternary nitrogens is 1. The number of likely N-dealkylation sites (N-methyl/N-ethyl adjacent to an activating group) is 1. The van der Waals surface area contributed by atoms with Crippen LogP contribution in [0.5, 0.6) is 0 Å². The summed E-state index contributed by atoms with van der Waals surface area (Å²) in [6.45, 7) is 5.31. The number of hydrogen-bond acceptors (Lipinski definition) is 4. The second-order valence-corrected chi connectivity index (χ2v) is 6.38. The lowest BCUT2D eigenvalue weighted by atomic mass is 10.2. The molecule has 0 radical (unpaired) electrons. The van der Waals surface area contributed by atoms with Crippen molar-refractivity contribution in [3.63, 3.8) is 0 Å². The van der Waals surface area contributed by atoms with Gasteiger partial charge < -0.3 is 9.80 Å². The number of amides is 4. The lowest BCUT2D eigenvalue weighted by Gasteiger charge is -2.34. The zero-order valence-electron chi connectivity index (χ0n) is 13.5. The summed E-state index contributed by atoms with van der Waals surface area (Å²) in [5.41, 5.74) is 1.07. The topological polar surface area (TPSA) is 65.4 Å². The molecule has 1 aromatic rings. The molecule has 2 heterocycles. The third-order valence-corrected chi connectivity index (χ3v) is 4.71. The van der Waals surface area contributed by atoms with E-state index in [0.717, 1.165) is 46.6 Å². The summed E-state index contributed by atoms with van der Waals surface area (Å²) in [4.78, 5) is 41.2. The van der Waals surface area contributed by atoms with Crippen molar-refractivity contribution < 1.29 is 19.3 Å². The number of halogens is 1. The molecule has 0 bridgehead atoms. The summed E-state index contributed by atoms with van der Waals surface area (Å²) in [7, 11) is 0. The molecule has 2 saturated heterocycles. The van der Waals surface area contributed by atoms with Crippen LogP contribution in [-0.2, 0) is 9.59 Å². The van der Waals surface area contributed by atoms with Gasteiger partial charge >= 0.3 is 17.8 Å². The zero-order valence-corrected chi connectivity index (χ0v) is 14.3. The van der Waals surface area contributed by atoms with Crippen LogP contribution in [0.15, 0.2) is 24.3 Å². The van der Waals surface area contributed by atoms with Gasteiger partial charge in [-0.3, -0.25) is 14.5 Å². The molecule has 0 aromatic heterocycles. The van der Waals surface area contributed by atoms with E-state index >= 15 is 0 Å². The van der Waals surface area contributed by atoms with Gasteiger partial charge in [0, 0.05) is 17.3 Å². The first-order chi connectivity index (χ1) is 11.5. The quantitative estimate of drug-likeness (QED) is 0.603. The molecule has 7 nitrogen and oxygen atoms in total. The summed E-state index contributed by atoms with van der Waals surface area (Å²) >= 11 is 6.03. The van der Waals surface area contributed by atoms with Gasteiger partial charge in [0.1, 0.15) is 0 Å². The highest BCUT2D eigenvalue weighted by Crippen LogP contribution is 2.19. The first kappa shape index (κ1) is 16.7. The van der Waals surface area contributed by atoms with Gasteiger partial charge in [0.2, 0.25) is 0 Å². The summed E-state index contributed by atoms with van der Waals surface area (Å²) in [5, 5.41) is 0.703. The third-order valence-electron chi connectivity index (χ3n) is 4.48. The van der Waals surface area contributed by atoms with Crippen LogP contribution in [0.3, 0.4) is 0 Å². The van der Waals surface area contributed by atoms with Gasteiger partial charge in [-0.15, -0.1) is 0 Å². The van der Waals surface area contributed by atoms with Crippen LogP contribution >= 0.6 is 11.6 Å². The van der Waals surface area contributed by atoms with Crippen LogP contribution in [0, 0.1) is 0 Å². The van der Waals surface area contributed by atoms with Gasteiger partial charge in [0.05, 0.1) is 26.2 Å². The van der Waals surface area contributed by atoms with E-state index in [2.05, 4.69) is 4.90 Å². The fourth-order valence-electron chi connectivity index (χ4n) is 3.10. The van der Waals surface area contributed by atoms with Gasteiger partial charge in [-0.1, -0.05) is 17.7 Å². The highest BCUT2D eigenvalue weighted by molar-refractivity contribution is 6.44. The van der Waals surface area contributed by atoms with E-state index < -0.39 is 17.8 Å². The molecular weight excluding hydrogens is 332 g/mol. The number of hydrogen-bond donors (Lipinski definition) is 1. The van der Waals surface area contributed by atoms with Gasteiger partial charge in [0.15, 0.2) is 6.67 Å². The van der Waals surface area contributed by atoms with E-state index in [0.29, 0.717) is 5.02 Å². The van der Waals surface area contributed by atoms with Crippen molar-refractivity contribution in [3.8, 4) is 0 Å². The molecule has 3 rings (SSSR count). The fourth-order valence-corrected chi connectivity index (χ4v) is 3.29. The lowest BCUT2D eigenvalue weighted by Crippen LogP contribution is -3.16. The minimum absolute atomic E-state index is 0.220. The zero-order chi connectivity index (χ0) is 17.3. The Bertz CT molecular complexity index is 673. The second kappa shape index (κ2) is 6.78. The second-order valence-electron chi connectivity index (χ2n) is 5.94. The summed E-state index contributed by atoms with van der Waals surface area (Å²) in [5.74, 6) is -1.44. The molecule has 24 heavy (non-hydrogen) atoms. The number of imide groups is 2. The standard InChI is InChI=1S/C16H19ClN4O3/c1-2-20-14(22)15(23)21(16(20)24)11-18-6-8-19(9-7-18)13-5-3-4-12(17)10-13/h3-5,10H,2,6-9,11H2,1H3/p+1. The molecule has 0 spiro atoms. The Morgan fingerprint density at radius 1 is 1.08 bits per heavy atom. The van der Waals surface area contributed by atoms with Crippen molar-refractivity contribution >= 4 is 35.1 Å². The number of carbonyl (C=O) groups excluding carboxylic acids is 3. The van der Waals surface area contributed by atoms with Crippen LogP contribution < -0.4 is 9.80 Å². The van der Waals surface area contributed by atoms with Gasteiger partial charge in [0.25, 0.3) is 0 Å². The number of nitrogens with zero attached hydrogens (tertiary/aromatic N) is 3. The number of piperazine rings is 1. The van der Waals surface area contributed by atoms with Crippen LogP contribution in [0.2, 0.25) is 5.02 Å². The highest BCUT2D eigenvalue weighted by atomic mass is 35.5. The molecule has 4 amide bonds. The minimum atomic E-state index is -0.723. The molecule has 1 aromatic carbocycles. The Morgan fingerprint density at radius 3 is 2.33 bits per heavy atom. The Balaban J connectivity index is 1.59. The molecule has 2 fully saturated rings. The Morgan fingerprint density at radius 2 is 1.75 bits per heavy atom. The van der Waals surface area contributed by atoms with Gasteiger partial charge in [-0.2, -0.15) is 0 Å². The van der Waals surface area contributed by atoms with Crippen molar-refractivity contribution in [3.05, 3.63) is 29.3 Å². The molecular formula is C16H20ClN4O3+. The first-order valence-corrected chi connectivity index (χ1v) is 8.40. The Labute approximate surface area is 145 Å². The van der Waals surface area contributed by atoms with Crippen LogP contribution in [0.1, 0.15) is 6.92 Å². The molecule has 1 N–H and O–H groups in total. The average Bonchev–Trinajstić information content (AvgIpc) is 2.79. The molecule has 0 atom stereocenters. The van der Waals surface area contributed by atoms with Crippen molar-refractivity contribution in [1.29, 1.82) is 0 Å². The monoisotopic (exact) mass is 351 g/mol. The molecule has 2 aliphatic heterocycles. The summed E-state index contributed by atoms with van der Waals surface area (Å²) in [6, 6.07) is 7.20. The van der Waals surface area contributed by atoms with E-state index in [1.165, 1.54) is 0 Å². The molecule has 0 aliphatic carbocycles. The van der Waals surface area contributed by atoms with Crippen molar-refractivity contribution in [2.24, 2.45) is 0 Å². The van der Waals surface area contributed by atoms with E-state index in [1.807, 2.05) is 24.3 Å². The lowest BCUT2D eigenvalue weighted by molar-refractivity contribution is -0.907. The van der Waals surface area contributed by atoms with Crippen LogP contribution in [0.4, 0.5) is 10.5 Å². The third kappa shape index (κ3) is 3.09. The number of benzene rings is 1. The number of rotatable bonds is 4. The van der Waals surface area contributed by atoms with Crippen molar-refractivity contribution in [2.45, 2.75) is 6.92 Å². The Kier molecular flexibility index (Phi) is 4.73. The predicted octanol–water partition coefficient (Wildman–Crippen LogP) is -0.187. The fraction of sp³-hybridized carbons (Fsp3) is 0.438. The van der Waals surface area contributed by atoms with Crippen molar-refractivity contribution in [1.82, 2.24) is 9.80 Å². The Hall–Kier alpha value is -2.12. The maximum atomic E-state index is 12.1. The van der Waals surface area contributed by atoms with Crippen LogP contribution in [-0.4, -0.2) is 67.0 Å². The maximum absolute atomic E-state index is 12.1. The first-order valence-electron chi connectivity index (χ1n) is 8.02. The molecule has 128 valence electrons. The van der Waals surface area contributed by atoms with E-state index in [-0.39, 0.29) is 13.2 Å². The normalized spacial score (nSPS) is 19.6. The molecule has 2 aliphatic rings. The number of nitrogens with one attached hydrogen (secondary N) is 1. The minimum Gasteiger partial charge on any atom is -0.360 e. The molecule has 0 saturated carbocycles. The van der Waals surface area contributed by atoms with Gasteiger partial charge in [-0.05, 0) is 25.1 Å². The van der Waals surface area contributed by atoms with E-state index in [9.17, 15) is 14.4 Å². The smallest absolute Gasteiger partial charge is 0.338 e. The summed E-state index contributed by atoms with van der Waals surface area (Å²) in [6.07, 6.45) is 0. The largest absolute Gasteiger partial charge is 0.360 e. The molecule has 0 unspecified atom stereocenters.